The van der Waals surface area contributed by atoms with E-state index in [0.717, 1.165) is 22.7 Å². The quantitative estimate of drug-likeness (QED) is 0.157. The number of anilines is 6. The molecule has 0 unspecified atom stereocenters. The van der Waals surface area contributed by atoms with Gasteiger partial charge in [-0.05, 0) is 120 Å². The fraction of sp³-hybridized carbons (Fsp3) is 0.0606. The SMILES string of the molecule is CC1(C)c2ccccc2N(c2c(N(c3ccccc3)c3ccc4c(c3)C(c3ccccc3)(c3ccccc3)c3ccccc3-4)ccc3ccccc23)c2cccc(-c3ccc4ccccc4c3)c21. The Morgan fingerprint density at radius 1 is 0.368 bits per heavy atom. The third-order valence-electron chi connectivity index (χ3n) is 14.8. The molecule has 68 heavy (non-hydrogen) atoms. The Kier molecular flexibility index (Phi) is 9.13. The van der Waals surface area contributed by atoms with Gasteiger partial charge in [-0.2, -0.15) is 0 Å². The molecule has 0 saturated carbocycles. The van der Waals surface area contributed by atoms with Gasteiger partial charge in [0.05, 0.1) is 28.2 Å². The lowest BCUT2D eigenvalue weighted by molar-refractivity contribution is 0.634. The van der Waals surface area contributed by atoms with Crippen molar-refractivity contribution < 1.29 is 0 Å². The van der Waals surface area contributed by atoms with Gasteiger partial charge in [-0.25, -0.2) is 0 Å². The normalized spacial score (nSPS) is 13.9. The molecule has 322 valence electrons. The lowest BCUT2D eigenvalue weighted by Crippen LogP contribution is -2.32. The second-order valence-corrected chi connectivity index (χ2v) is 18.8. The first-order chi connectivity index (χ1) is 33.5. The standard InChI is InChI=1S/C66H48N2/c1-65(2)58-34-18-19-35-60(58)68(61-36-20-32-53(63(61)65)48-38-37-45-21-12-13-23-47(45)43-48)64-54-30-15-14-22-46(54)39-42-62(64)67(51-28-10-5-11-29-51)52-40-41-56-55-31-16-17-33-57(55)66(59(56)44-52,49-24-6-3-7-25-49)50-26-8-4-9-27-50/h3-44H,1-2H3. The summed E-state index contributed by atoms with van der Waals surface area (Å²) in [6.45, 7) is 4.81. The Morgan fingerprint density at radius 2 is 0.941 bits per heavy atom. The van der Waals surface area contributed by atoms with Gasteiger partial charge in [0.2, 0.25) is 0 Å². The highest BCUT2D eigenvalue weighted by atomic mass is 15.2. The Morgan fingerprint density at radius 3 is 1.71 bits per heavy atom. The molecule has 0 bridgehead atoms. The van der Waals surface area contributed by atoms with Crippen LogP contribution in [0.3, 0.4) is 0 Å². The summed E-state index contributed by atoms with van der Waals surface area (Å²) in [5.74, 6) is 0. The van der Waals surface area contributed by atoms with Crippen molar-refractivity contribution in [3.05, 3.63) is 288 Å². The highest BCUT2D eigenvalue weighted by Crippen LogP contribution is 2.60. The minimum atomic E-state index is -0.547. The Labute approximate surface area is 398 Å². The molecule has 0 saturated heterocycles. The molecule has 0 N–H and O–H groups in total. The summed E-state index contributed by atoms with van der Waals surface area (Å²) in [7, 11) is 0. The van der Waals surface area contributed by atoms with E-state index in [1.165, 1.54) is 88.6 Å². The predicted octanol–water partition coefficient (Wildman–Crippen LogP) is 17.6. The zero-order valence-corrected chi connectivity index (χ0v) is 38.1. The van der Waals surface area contributed by atoms with Crippen LogP contribution in [0.2, 0.25) is 0 Å². The first kappa shape index (κ1) is 39.9. The van der Waals surface area contributed by atoms with E-state index in [0.29, 0.717) is 0 Å². The zero-order valence-electron chi connectivity index (χ0n) is 38.1. The van der Waals surface area contributed by atoms with E-state index in [4.69, 9.17) is 0 Å². The number of benzene rings is 11. The Bertz CT molecular complexity index is 3680. The largest absolute Gasteiger partial charge is 0.308 e. The highest BCUT2D eigenvalue weighted by molar-refractivity contribution is 6.09. The van der Waals surface area contributed by atoms with Crippen molar-refractivity contribution in [2.45, 2.75) is 24.7 Å². The number of nitrogens with zero attached hydrogens (tertiary/aromatic N) is 2. The topological polar surface area (TPSA) is 6.48 Å². The molecule has 1 aliphatic carbocycles. The van der Waals surface area contributed by atoms with Crippen molar-refractivity contribution in [1.29, 1.82) is 0 Å². The van der Waals surface area contributed by atoms with Crippen LogP contribution in [0.5, 0.6) is 0 Å². The Balaban J connectivity index is 1.10. The van der Waals surface area contributed by atoms with Crippen molar-refractivity contribution >= 4 is 55.7 Å². The molecule has 11 aromatic carbocycles. The second-order valence-electron chi connectivity index (χ2n) is 18.8. The molecule has 2 nitrogen and oxygen atoms in total. The molecule has 0 atom stereocenters. The predicted molar refractivity (Wildman–Crippen MR) is 286 cm³/mol. The molecule has 1 heterocycles. The van der Waals surface area contributed by atoms with Gasteiger partial charge in [-0.15, -0.1) is 0 Å². The fourth-order valence-corrected chi connectivity index (χ4v) is 11.9. The highest BCUT2D eigenvalue weighted by Gasteiger charge is 2.47. The van der Waals surface area contributed by atoms with Crippen LogP contribution < -0.4 is 9.80 Å². The lowest BCUT2D eigenvalue weighted by atomic mass is 9.67. The van der Waals surface area contributed by atoms with Crippen LogP contribution in [0.15, 0.2) is 255 Å². The molecular weight excluding hydrogens is 821 g/mol. The maximum absolute atomic E-state index is 2.58. The summed E-state index contributed by atoms with van der Waals surface area (Å²) < 4.78 is 0. The molecule has 0 fully saturated rings. The summed E-state index contributed by atoms with van der Waals surface area (Å²) in [5, 5.41) is 4.85. The van der Waals surface area contributed by atoms with E-state index in [1.54, 1.807) is 0 Å². The fourth-order valence-electron chi connectivity index (χ4n) is 11.9. The minimum Gasteiger partial charge on any atom is -0.308 e. The molecule has 0 spiro atoms. The average molecular weight is 869 g/mol. The molecule has 0 aromatic heterocycles. The van der Waals surface area contributed by atoms with Crippen molar-refractivity contribution in [3.63, 3.8) is 0 Å². The van der Waals surface area contributed by atoms with Gasteiger partial charge in [-0.3, -0.25) is 0 Å². The first-order valence-corrected chi connectivity index (χ1v) is 23.8. The smallest absolute Gasteiger partial charge is 0.0781 e. The van der Waals surface area contributed by atoms with Crippen molar-refractivity contribution in [2.75, 3.05) is 9.80 Å². The monoisotopic (exact) mass is 868 g/mol. The van der Waals surface area contributed by atoms with Crippen molar-refractivity contribution in [1.82, 2.24) is 0 Å². The van der Waals surface area contributed by atoms with Crippen molar-refractivity contribution in [2.24, 2.45) is 0 Å². The molecule has 0 radical (unpaired) electrons. The molecule has 1 aliphatic heterocycles. The van der Waals surface area contributed by atoms with Crippen molar-refractivity contribution in [3.8, 4) is 22.3 Å². The third kappa shape index (κ3) is 5.90. The molecule has 0 amide bonds. The number of fused-ring (bicyclic) bond motifs is 7. The van der Waals surface area contributed by atoms with Gasteiger partial charge >= 0.3 is 0 Å². The van der Waals surface area contributed by atoms with Gasteiger partial charge < -0.3 is 9.80 Å². The van der Waals surface area contributed by atoms with E-state index >= 15 is 0 Å². The minimum absolute atomic E-state index is 0.318. The average Bonchev–Trinajstić information content (AvgIpc) is 3.70. The molecule has 13 rings (SSSR count). The van der Waals surface area contributed by atoms with Gasteiger partial charge in [0, 0.05) is 22.2 Å². The summed E-state index contributed by atoms with van der Waals surface area (Å²) in [5.41, 5.74) is 18.6. The molecular formula is C66H48N2. The van der Waals surface area contributed by atoms with Gasteiger partial charge in [0.25, 0.3) is 0 Å². The molecule has 2 heteroatoms. The van der Waals surface area contributed by atoms with Crippen LogP contribution in [-0.2, 0) is 10.8 Å². The van der Waals surface area contributed by atoms with Crippen LogP contribution >= 0.6 is 0 Å². The summed E-state index contributed by atoms with van der Waals surface area (Å²) in [6, 6.07) is 94.5. The maximum Gasteiger partial charge on any atom is 0.0781 e. The second kappa shape index (κ2) is 15.6. The summed E-state index contributed by atoms with van der Waals surface area (Å²) in [6.07, 6.45) is 0. The van der Waals surface area contributed by atoms with Crippen LogP contribution in [0.4, 0.5) is 34.1 Å². The van der Waals surface area contributed by atoms with E-state index in [9.17, 15) is 0 Å². The summed E-state index contributed by atoms with van der Waals surface area (Å²) >= 11 is 0. The molecule has 2 aliphatic rings. The number of rotatable bonds is 7. The van der Waals surface area contributed by atoms with Crippen LogP contribution in [0, 0.1) is 0 Å². The number of hydrogen-bond donors (Lipinski definition) is 0. The molecule has 11 aromatic rings. The number of hydrogen-bond acceptors (Lipinski definition) is 2. The third-order valence-corrected chi connectivity index (χ3v) is 14.8. The first-order valence-electron chi connectivity index (χ1n) is 23.8. The zero-order chi connectivity index (χ0) is 45.4. The van der Waals surface area contributed by atoms with Crippen LogP contribution in [0.1, 0.15) is 47.2 Å². The van der Waals surface area contributed by atoms with Crippen LogP contribution in [0.25, 0.3) is 43.8 Å². The number of para-hydroxylation sites is 2. The van der Waals surface area contributed by atoms with Crippen LogP contribution in [-0.4, -0.2) is 0 Å². The maximum atomic E-state index is 2.58. The van der Waals surface area contributed by atoms with E-state index in [2.05, 4.69) is 278 Å². The van der Waals surface area contributed by atoms with Gasteiger partial charge in [0.1, 0.15) is 0 Å². The lowest BCUT2D eigenvalue weighted by Gasteiger charge is -2.44. The summed E-state index contributed by atoms with van der Waals surface area (Å²) in [4.78, 5) is 5.08. The van der Waals surface area contributed by atoms with Gasteiger partial charge in [-0.1, -0.05) is 220 Å². The van der Waals surface area contributed by atoms with E-state index < -0.39 is 5.41 Å². The Hall–Kier alpha value is -8.46. The van der Waals surface area contributed by atoms with E-state index in [1.807, 2.05) is 0 Å². The van der Waals surface area contributed by atoms with Gasteiger partial charge in [0.15, 0.2) is 0 Å². The van der Waals surface area contributed by atoms with E-state index in [-0.39, 0.29) is 5.41 Å².